The molecular weight excluding hydrogens is 388 g/mol. The third-order valence-electron chi connectivity index (χ3n) is 4.72. The topological polar surface area (TPSA) is 78.1 Å². The highest BCUT2D eigenvalue weighted by Crippen LogP contribution is 2.26. The monoisotopic (exact) mass is 410 g/mol. The zero-order valence-corrected chi connectivity index (χ0v) is 17.5. The first-order chi connectivity index (χ1) is 13.8. The van der Waals surface area contributed by atoms with Crippen molar-refractivity contribution < 1.29 is 9.59 Å². The fourth-order valence-corrected chi connectivity index (χ4v) is 3.06. The van der Waals surface area contributed by atoms with Gasteiger partial charge >= 0.3 is 6.03 Å². The van der Waals surface area contributed by atoms with Crippen LogP contribution in [0.2, 0.25) is 5.02 Å². The van der Waals surface area contributed by atoms with E-state index in [2.05, 4.69) is 15.3 Å². The van der Waals surface area contributed by atoms with Crippen molar-refractivity contribution in [2.45, 2.75) is 19.8 Å². The van der Waals surface area contributed by atoms with Crippen LogP contribution in [0.5, 0.6) is 0 Å². The van der Waals surface area contributed by atoms with Gasteiger partial charge in [0.25, 0.3) is 0 Å². The Morgan fingerprint density at radius 1 is 1.14 bits per heavy atom. The number of anilines is 1. The summed E-state index contributed by atoms with van der Waals surface area (Å²) in [6, 6.07) is 12.3. The van der Waals surface area contributed by atoms with Crippen molar-refractivity contribution in [2.24, 2.45) is 0 Å². The van der Waals surface area contributed by atoms with Gasteiger partial charge in [-0.2, -0.15) is 0 Å². The molecular formula is C22H23ClN4O2. The average Bonchev–Trinajstić information content (AvgIpc) is 3.09. The lowest BCUT2D eigenvalue weighted by Gasteiger charge is -2.13. The number of carbonyl (C=O) groups is 2. The first-order valence-corrected chi connectivity index (χ1v) is 9.58. The Hall–Kier alpha value is -3.12. The van der Waals surface area contributed by atoms with Crippen LogP contribution in [0.25, 0.3) is 0 Å². The first kappa shape index (κ1) is 20.6. The molecule has 150 valence electrons. The van der Waals surface area contributed by atoms with Gasteiger partial charge in [0.05, 0.1) is 17.6 Å². The van der Waals surface area contributed by atoms with Crippen molar-refractivity contribution in [1.29, 1.82) is 0 Å². The number of hydrogen-bond acceptors (Lipinski definition) is 3. The second-order valence-corrected chi connectivity index (χ2v) is 7.57. The van der Waals surface area contributed by atoms with Crippen molar-refractivity contribution in [3.63, 3.8) is 0 Å². The molecule has 0 fully saturated rings. The molecule has 0 bridgehead atoms. The van der Waals surface area contributed by atoms with Gasteiger partial charge in [0, 0.05) is 42.0 Å². The second-order valence-electron chi connectivity index (χ2n) is 7.14. The molecule has 0 aliphatic carbocycles. The summed E-state index contributed by atoms with van der Waals surface area (Å²) in [7, 11) is 3.35. The molecule has 0 aliphatic heterocycles. The molecule has 0 saturated heterocycles. The summed E-state index contributed by atoms with van der Waals surface area (Å²) in [4.78, 5) is 33.7. The summed E-state index contributed by atoms with van der Waals surface area (Å²) in [5, 5.41) is 3.35. The lowest BCUT2D eigenvalue weighted by atomic mass is 10.0. The molecule has 2 aromatic heterocycles. The Bertz CT molecular complexity index is 1020. The minimum atomic E-state index is -0.210. The van der Waals surface area contributed by atoms with Crippen molar-refractivity contribution in [3.05, 3.63) is 81.9 Å². The molecule has 0 spiro atoms. The van der Waals surface area contributed by atoms with Crippen LogP contribution in [0.3, 0.4) is 0 Å². The standard InChI is InChI=1S/C22H23ClN4O2/c1-13-11-19(26-20(13)21(28)15-5-7-16(23)8-6-15)14(2)18-10-9-17(12-24-18)25-22(29)27(3)4/h5-12,14,26H,1-4H3,(H,25,29). The van der Waals surface area contributed by atoms with Gasteiger partial charge in [-0.05, 0) is 55.0 Å². The summed E-state index contributed by atoms with van der Waals surface area (Å²) >= 11 is 5.91. The number of amides is 2. The van der Waals surface area contributed by atoms with Crippen LogP contribution in [-0.4, -0.2) is 40.8 Å². The predicted molar refractivity (Wildman–Crippen MR) is 115 cm³/mol. The number of nitrogens with one attached hydrogen (secondary N) is 2. The van der Waals surface area contributed by atoms with Crippen LogP contribution in [0, 0.1) is 6.92 Å². The summed E-state index contributed by atoms with van der Waals surface area (Å²) in [5.41, 5.74) is 4.38. The van der Waals surface area contributed by atoms with Gasteiger partial charge in [0.2, 0.25) is 5.78 Å². The van der Waals surface area contributed by atoms with Gasteiger partial charge in [-0.15, -0.1) is 0 Å². The largest absolute Gasteiger partial charge is 0.355 e. The number of aryl methyl sites for hydroxylation is 1. The number of aromatic nitrogens is 2. The third kappa shape index (κ3) is 4.66. The number of carbonyl (C=O) groups excluding carboxylic acids is 2. The van der Waals surface area contributed by atoms with Gasteiger partial charge in [0.1, 0.15) is 0 Å². The summed E-state index contributed by atoms with van der Waals surface area (Å²) < 4.78 is 0. The lowest BCUT2D eigenvalue weighted by molar-refractivity contribution is 0.103. The maximum Gasteiger partial charge on any atom is 0.321 e. The number of pyridine rings is 1. The number of nitrogens with zero attached hydrogens (tertiary/aromatic N) is 2. The van der Waals surface area contributed by atoms with E-state index in [1.54, 1.807) is 44.6 Å². The molecule has 1 unspecified atom stereocenters. The SMILES string of the molecule is Cc1cc(C(C)c2ccc(NC(=O)N(C)C)cn2)[nH]c1C(=O)c1ccc(Cl)cc1. The molecule has 0 saturated carbocycles. The van der Waals surface area contributed by atoms with Gasteiger partial charge in [-0.1, -0.05) is 18.5 Å². The van der Waals surface area contributed by atoms with E-state index in [-0.39, 0.29) is 17.7 Å². The predicted octanol–water partition coefficient (Wildman–Crippen LogP) is 4.85. The summed E-state index contributed by atoms with van der Waals surface area (Å²) in [5.74, 6) is -0.119. The summed E-state index contributed by atoms with van der Waals surface area (Å²) in [6.07, 6.45) is 1.63. The van der Waals surface area contributed by atoms with Crippen LogP contribution in [0.15, 0.2) is 48.7 Å². The van der Waals surface area contributed by atoms with E-state index >= 15 is 0 Å². The Kier molecular flexibility index (Phi) is 6.03. The Labute approximate surface area is 174 Å². The molecule has 2 amide bonds. The van der Waals surface area contributed by atoms with Gasteiger partial charge < -0.3 is 15.2 Å². The maximum absolute atomic E-state index is 12.8. The minimum Gasteiger partial charge on any atom is -0.355 e. The van der Waals surface area contributed by atoms with E-state index in [0.717, 1.165) is 17.0 Å². The number of hydrogen-bond donors (Lipinski definition) is 2. The van der Waals surface area contributed by atoms with E-state index in [4.69, 9.17) is 11.6 Å². The zero-order valence-electron chi connectivity index (χ0n) is 16.8. The number of rotatable bonds is 5. The Morgan fingerprint density at radius 2 is 1.83 bits per heavy atom. The molecule has 3 rings (SSSR count). The van der Waals surface area contributed by atoms with Crippen molar-refractivity contribution >= 4 is 29.1 Å². The van der Waals surface area contributed by atoms with E-state index in [1.165, 1.54) is 4.90 Å². The Morgan fingerprint density at radius 3 is 2.41 bits per heavy atom. The number of benzene rings is 1. The van der Waals surface area contributed by atoms with E-state index in [9.17, 15) is 9.59 Å². The van der Waals surface area contributed by atoms with Crippen LogP contribution in [0.4, 0.5) is 10.5 Å². The maximum atomic E-state index is 12.8. The van der Waals surface area contributed by atoms with Crippen molar-refractivity contribution in [1.82, 2.24) is 14.9 Å². The molecule has 3 aromatic rings. The normalized spacial score (nSPS) is 11.8. The second kappa shape index (κ2) is 8.49. The zero-order chi connectivity index (χ0) is 21.1. The van der Waals surface area contributed by atoms with E-state index in [1.807, 2.05) is 32.0 Å². The molecule has 0 aliphatic rings. The number of ketones is 1. The molecule has 29 heavy (non-hydrogen) atoms. The van der Waals surface area contributed by atoms with Crippen LogP contribution < -0.4 is 5.32 Å². The molecule has 7 heteroatoms. The lowest BCUT2D eigenvalue weighted by Crippen LogP contribution is -2.27. The average molecular weight is 411 g/mol. The number of aromatic amines is 1. The molecule has 0 radical (unpaired) electrons. The first-order valence-electron chi connectivity index (χ1n) is 9.20. The summed E-state index contributed by atoms with van der Waals surface area (Å²) in [6.45, 7) is 3.92. The third-order valence-corrected chi connectivity index (χ3v) is 4.98. The number of halogens is 1. The molecule has 1 aromatic carbocycles. The smallest absolute Gasteiger partial charge is 0.321 e. The highest BCUT2D eigenvalue weighted by atomic mass is 35.5. The van der Waals surface area contributed by atoms with E-state index in [0.29, 0.717) is 22.0 Å². The highest BCUT2D eigenvalue weighted by Gasteiger charge is 2.19. The number of urea groups is 1. The van der Waals surface area contributed by atoms with Crippen LogP contribution in [0.1, 0.15) is 45.8 Å². The fraction of sp³-hybridized carbons (Fsp3) is 0.227. The Balaban J connectivity index is 1.79. The highest BCUT2D eigenvalue weighted by molar-refractivity contribution is 6.30. The molecule has 6 nitrogen and oxygen atoms in total. The van der Waals surface area contributed by atoms with Crippen molar-refractivity contribution in [2.75, 3.05) is 19.4 Å². The quantitative estimate of drug-likeness (QED) is 0.590. The van der Waals surface area contributed by atoms with Gasteiger partial charge in [-0.3, -0.25) is 9.78 Å². The van der Waals surface area contributed by atoms with Gasteiger partial charge in [0.15, 0.2) is 0 Å². The molecule has 1 atom stereocenters. The van der Waals surface area contributed by atoms with Gasteiger partial charge in [-0.25, -0.2) is 4.79 Å². The fourth-order valence-electron chi connectivity index (χ4n) is 2.93. The van der Waals surface area contributed by atoms with E-state index < -0.39 is 0 Å². The van der Waals surface area contributed by atoms with Crippen LogP contribution in [-0.2, 0) is 0 Å². The molecule has 2 heterocycles. The van der Waals surface area contributed by atoms with Crippen LogP contribution >= 0.6 is 11.6 Å². The minimum absolute atomic E-state index is 0.0425. The van der Waals surface area contributed by atoms with Crippen molar-refractivity contribution in [3.8, 4) is 0 Å². The number of H-pyrrole nitrogens is 1. The molecule has 2 N–H and O–H groups in total.